The predicted octanol–water partition coefficient (Wildman–Crippen LogP) is 0.855. The molecular weight excluding hydrogens is 341 g/mol. The molecule has 136 valence electrons. The number of hydrogen-bond acceptors (Lipinski definition) is 4. The van der Waals surface area contributed by atoms with Gasteiger partial charge in [0.25, 0.3) is 5.91 Å². The summed E-state index contributed by atoms with van der Waals surface area (Å²) in [5, 5.41) is 9.33. The molecule has 9 heteroatoms. The van der Waals surface area contributed by atoms with E-state index in [9.17, 15) is 18.8 Å². The van der Waals surface area contributed by atoms with Crippen LogP contribution in [0.5, 0.6) is 0 Å². The summed E-state index contributed by atoms with van der Waals surface area (Å²) in [5.74, 6) is -1.01. The number of imide groups is 1. The molecule has 1 fully saturated rings. The fourth-order valence-corrected chi connectivity index (χ4v) is 2.77. The maximum Gasteiger partial charge on any atom is 0.324 e. The average Bonchev–Trinajstić information content (AvgIpc) is 3.20. The molecule has 0 bridgehead atoms. The standard InChI is InChI=1S/C17H18FN5O3/c1-2-14-13(9-21-23(14)12-5-3-11(18)4-6-12)16(25)19-7-8-22-15(24)10-20-17(22)26/h3-6,9H,2,7-8,10H2,1H3,(H,19,25)(H,20,26). The Balaban J connectivity index is 1.68. The van der Waals surface area contributed by atoms with Crippen LogP contribution in [0.25, 0.3) is 5.69 Å². The van der Waals surface area contributed by atoms with Crippen molar-refractivity contribution in [2.24, 2.45) is 0 Å². The first-order chi connectivity index (χ1) is 12.5. The van der Waals surface area contributed by atoms with Crippen LogP contribution in [0.15, 0.2) is 30.5 Å². The molecule has 0 unspecified atom stereocenters. The van der Waals surface area contributed by atoms with Gasteiger partial charge in [-0.15, -0.1) is 0 Å². The largest absolute Gasteiger partial charge is 0.350 e. The third-order valence-electron chi connectivity index (χ3n) is 4.08. The lowest BCUT2D eigenvalue weighted by molar-refractivity contribution is -0.124. The number of aromatic nitrogens is 2. The summed E-state index contributed by atoms with van der Waals surface area (Å²) >= 11 is 0. The second kappa shape index (κ2) is 7.34. The average molecular weight is 359 g/mol. The molecule has 0 aliphatic carbocycles. The third-order valence-corrected chi connectivity index (χ3v) is 4.08. The van der Waals surface area contributed by atoms with Crippen molar-refractivity contribution < 1.29 is 18.8 Å². The summed E-state index contributed by atoms with van der Waals surface area (Å²) in [6.07, 6.45) is 2.00. The second-order valence-electron chi connectivity index (χ2n) is 5.71. The Bertz CT molecular complexity index is 831. The quantitative estimate of drug-likeness (QED) is 0.748. The van der Waals surface area contributed by atoms with Crippen LogP contribution >= 0.6 is 0 Å². The molecule has 4 amide bonds. The molecule has 0 atom stereocenters. The van der Waals surface area contributed by atoms with Crippen LogP contribution in [-0.2, 0) is 11.2 Å². The van der Waals surface area contributed by atoms with Gasteiger partial charge in [0.2, 0.25) is 5.91 Å². The maximum atomic E-state index is 13.1. The molecule has 3 rings (SSSR count). The van der Waals surface area contributed by atoms with E-state index >= 15 is 0 Å². The molecule has 2 aromatic rings. The van der Waals surface area contributed by atoms with Gasteiger partial charge in [0.1, 0.15) is 5.82 Å². The molecule has 1 aliphatic heterocycles. The predicted molar refractivity (Wildman–Crippen MR) is 90.3 cm³/mol. The molecule has 2 N–H and O–H groups in total. The highest BCUT2D eigenvalue weighted by atomic mass is 19.1. The van der Waals surface area contributed by atoms with E-state index in [1.54, 1.807) is 16.8 Å². The van der Waals surface area contributed by atoms with Crippen molar-refractivity contribution in [3.63, 3.8) is 0 Å². The Morgan fingerprint density at radius 3 is 2.65 bits per heavy atom. The van der Waals surface area contributed by atoms with Crippen molar-refractivity contribution in [1.29, 1.82) is 0 Å². The molecule has 1 aliphatic rings. The maximum absolute atomic E-state index is 13.1. The normalized spacial score (nSPS) is 13.8. The van der Waals surface area contributed by atoms with E-state index in [2.05, 4.69) is 15.7 Å². The van der Waals surface area contributed by atoms with Crippen molar-refractivity contribution in [2.45, 2.75) is 13.3 Å². The number of carbonyl (C=O) groups is 3. The Hall–Kier alpha value is -3.23. The van der Waals surface area contributed by atoms with Crippen molar-refractivity contribution >= 4 is 17.8 Å². The highest BCUT2D eigenvalue weighted by Gasteiger charge is 2.28. The summed E-state index contributed by atoms with van der Waals surface area (Å²) in [7, 11) is 0. The zero-order valence-electron chi connectivity index (χ0n) is 14.2. The smallest absolute Gasteiger partial charge is 0.324 e. The number of rotatable bonds is 6. The van der Waals surface area contributed by atoms with Crippen molar-refractivity contribution in [2.75, 3.05) is 19.6 Å². The number of halogens is 1. The first-order valence-corrected chi connectivity index (χ1v) is 8.20. The van der Waals surface area contributed by atoms with Crippen LogP contribution < -0.4 is 10.6 Å². The van der Waals surface area contributed by atoms with Crippen LogP contribution in [0.3, 0.4) is 0 Å². The molecule has 8 nitrogen and oxygen atoms in total. The Morgan fingerprint density at radius 2 is 2.04 bits per heavy atom. The zero-order chi connectivity index (χ0) is 18.7. The summed E-state index contributed by atoms with van der Waals surface area (Å²) in [4.78, 5) is 36.5. The number of benzene rings is 1. The summed E-state index contributed by atoms with van der Waals surface area (Å²) in [6, 6.07) is 5.37. The Kier molecular flexibility index (Phi) is 4.97. The van der Waals surface area contributed by atoms with Gasteiger partial charge >= 0.3 is 6.03 Å². The highest BCUT2D eigenvalue weighted by Crippen LogP contribution is 2.16. The number of nitrogens with zero attached hydrogens (tertiary/aromatic N) is 3. The lowest BCUT2D eigenvalue weighted by Gasteiger charge is -2.13. The van der Waals surface area contributed by atoms with Crippen LogP contribution in [0.1, 0.15) is 23.0 Å². The SMILES string of the molecule is CCc1c(C(=O)NCCN2C(=O)CNC2=O)cnn1-c1ccc(F)cc1. The zero-order valence-corrected chi connectivity index (χ0v) is 14.2. The van der Waals surface area contributed by atoms with Crippen molar-refractivity contribution in [3.8, 4) is 5.69 Å². The summed E-state index contributed by atoms with van der Waals surface area (Å²) in [5.41, 5.74) is 1.74. The van der Waals surface area contributed by atoms with E-state index in [0.717, 1.165) is 4.90 Å². The van der Waals surface area contributed by atoms with E-state index in [1.807, 2.05) is 6.92 Å². The molecule has 0 spiro atoms. The first kappa shape index (κ1) is 17.6. The number of nitrogens with one attached hydrogen (secondary N) is 2. The lowest BCUT2D eigenvalue weighted by Crippen LogP contribution is -2.38. The van der Waals surface area contributed by atoms with Crippen LogP contribution in [0.4, 0.5) is 9.18 Å². The van der Waals surface area contributed by atoms with Crippen LogP contribution in [-0.4, -0.2) is 52.2 Å². The fourth-order valence-electron chi connectivity index (χ4n) is 2.77. The van der Waals surface area contributed by atoms with E-state index in [4.69, 9.17) is 0 Å². The van der Waals surface area contributed by atoms with E-state index in [-0.39, 0.29) is 37.3 Å². The molecule has 26 heavy (non-hydrogen) atoms. The van der Waals surface area contributed by atoms with Gasteiger partial charge in [0.05, 0.1) is 29.7 Å². The molecular formula is C17H18FN5O3. The van der Waals surface area contributed by atoms with E-state index < -0.39 is 6.03 Å². The highest BCUT2D eigenvalue weighted by molar-refractivity contribution is 6.02. The van der Waals surface area contributed by atoms with Crippen LogP contribution in [0, 0.1) is 5.82 Å². The topological polar surface area (TPSA) is 96.3 Å². The molecule has 0 radical (unpaired) electrons. The number of amides is 4. The number of urea groups is 1. The number of hydrogen-bond donors (Lipinski definition) is 2. The second-order valence-corrected chi connectivity index (χ2v) is 5.71. The minimum atomic E-state index is -0.456. The fraction of sp³-hybridized carbons (Fsp3) is 0.294. The first-order valence-electron chi connectivity index (χ1n) is 8.20. The van der Waals surface area contributed by atoms with E-state index in [1.165, 1.54) is 18.3 Å². The van der Waals surface area contributed by atoms with Gasteiger partial charge in [-0.2, -0.15) is 5.10 Å². The van der Waals surface area contributed by atoms with Gasteiger partial charge in [-0.3, -0.25) is 14.5 Å². The van der Waals surface area contributed by atoms with Crippen LogP contribution in [0.2, 0.25) is 0 Å². The Morgan fingerprint density at radius 1 is 1.31 bits per heavy atom. The van der Waals surface area contributed by atoms with Gasteiger partial charge < -0.3 is 10.6 Å². The van der Waals surface area contributed by atoms with Crippen molar-refractivity contribution in [1.82, 2.24) is 25.3 Å². The lowest BCUT2D eigenvalue weighted by atomic mass is 10.2. The van der Waals surface area contributed by atoms with Gasteiger partial charge in [-0.25, -0.2) is 13.9 Å². The van der Waals surface area contributed by atoms with Gasteiger partial charge in [0, 0.05) is 13.1 Å². The van der Waals surface area contributed by atoms with E-state index in [0.29, 0.717) is 23.4 Å². The number of carbonyl (C=O) groups excluding carboxylic acids is 3. The Labute approximate surface area is 149 Å². The summed E-state index contributed by atoms with van der Waals surface area (Å²) in [6.45, 7) is 2.12. The minimum absolute atomic E-state index is 0.0167. The molecule has 0 saturated carbocycles. The molecule has 1 saturated heterocycles. The summed E-state index contributed by atoms with van der Waals surface area (Å²) < 4.78 is 14.7. The van der Waals surface area contributed by atoms with Gasteiger partial charge in [-0.05, 0) is 30.7 Å². The minimum Gasteiger partial charge on any atom is -0.350 e. The monoisotopic (exact) mass is 359 g/mol. The molecule has 1 aromatic carbocycles. The molecule has 2 heterocycles. The van der Waals surface area contributed by atoms with Gasteiger partial charge in [0.15, 0.2) is 0 Å². The van der Waals surface area contributed by atoms with Crippen molar-refractivity contribution in [3.05, 3.63) is 47.5 Å². The molecule has 1 aromatic heterocycles. The third kappa shape index (κ3) is 3.41. The van der Waals surface area contributed by atoms with Gasteiger partial charge in [-0.1, -0.05) is 6.92 Å².